The minimum atomic E-state index is -0.387. The molecule has 2 N–H and O–H groups in total. The summed E-state index contributed by atoms with van der Waals surface area (Å²) in [5.74, 6) is 0.153. The third-order valence-corrected chi connectivity index (χ3v) is 4.18. The number of benzene rings is 1. The summed E-state index contributed by atoms with van der Waals surface area (Å²) >= 11 is 5.18. The van der Waals surface area contributed by atoms with Gasteiger partial charge in [0.15, 0.2) is 5.11 Å². The van der Waals surface area contributed by atoms with Crippen LogP contribution in [-0.4, -0.2) is 34.9 Å². The minimum absolute atomic E-state index is 0.0301. The molecular weight excluding hydrogens is 350 g/mol. The Morgan fingerprint density at radius 1 is 1.12 bits per heavy atom. The van der Waals surface area contributed by atoms with Crippen LogP contribution in [0, 0.1) is 0 Å². The third kappa shape index (κ3) is 4.58. The lowest BCUT2D eigenvalue weighted by atomic mass is 10.1. The van der Waals surface area contributed by atoms with E-state index in [0.717, 1.165) is 25.9 Å². The van der Waals surface area contributed by atoms with E-state index in [-0.39, 0.29) is 16.9 Å². The van der Waals surface area contributed by atoms with Crippen molar-refractivity contribution in [3.63, 3.8) is 0 Å². The number of para-hydroxylation sites is 1. The van der Waals surface area contributed by atoms with Crippen molar-refractivity contribution < 1.29 is 14.0 Å². The molecule has 0 spiro atoms. The number of anilines is 1. The summed E-state index contributed by atoms with van der Waals surface area (Å²) in [5, 5.41) is 5.61. The lowest BCUT2D eigenvalue weighted by molar-refractivity contribution is -0.115. The average Bonchev–Trinajstić information content (AvgIpc) is 3.33. The Morgan fingerprint density at radius 3 is 2.62 bits per heavy atom. The van der Waals surface area contributed by atoms with Crippen LogP contribution in [0.4, 0.5) is 5.69 Å². The quantitative estimate of drug-likeness (QED) is 0.640. The minimum Gasteiger partial charge on any atom is -0.465 e. The second-order valence-electron chi connectivity index (χ2n) is 5.84. The number of carbonyl (C=O) groups excluding carboxylic acids is 2. The van der Waals surface area contributed by atoms with Gasteiger partial charge < -0.3 is 14.6 Å². The Morgan fingerprint density at radius 2 is 1.88 bits per heavy atom. The molecule has 2 heterocycles. The number of rotatable bonds is 4. The van der Waals surface area contributed by atoms with Crippen LogP contribution in [0.3, 0.4) is 0 Å². The van der Waals surface area contributed by atoms with Gasteiger partial charge in [-0.05, 0) is 55.4 Å². The van der Waals surface area contributed by atoms with Crippen molar-refractivity contribution in [1.82, 2.24) is 10.2 Å². The molecule has 0 saturated carbocycles. The first kappa shape index (κ1) is 17.9. The maximum absolute atomic E-state index is 12.6. The molecule has 1 aliphatic heterocycles. The first-order valence-electron chi connectivity index (χ1n) is 8.35. The lowest BCUT2D eigenvalue weighted by Crippen LogP contribution is -2.34. The van der Waals surface area contributed by atoms with Crippen LogP contribution >= 0.6 is 12.2 Å². The largest absolute Gasteiger partial charge is 0.465 e. The topological polar surface area (TPSA) is 74.6 Å². The number of furan rings is 1. The Bertz CT molecular complexity index is 824. The number of hydrogen-bond acceptors (Lipinski definition) is 4. The van der Waals surface area contributed by atoms with E-state index in [1.807, 2.05) is 17.0 Å². The van der Waals surface area contributed by atoms with Gasteiger partial charge in [-0.2, -0.15) is 0 Å². The molecule has 2 amide bonds. The van der Waals surface area contributed by atoms with Gasteiger partial charge >= 0.3 is 0 Å². The second kappa shape index (κ2) is 8.44. The molecule has 3 rings (SSSR count). The molecule has 0 unspecified atom stereocenters. The molecular formula is C19H19N3O3S. The fourth-order valence-electron chi connectivity index (χ4n) is 2.72. The van der Waals surface area contributed by atoms with Gasteiger partial charge in [0.2, 0.25) is 5.91 Å². The van der Waals surface area contributed by atoms with E-state index in [1.165, 1.54) is 12.3 Å². The summed E-state index contributed by atoms with van der Waals surface area (Å²) < 4.78 is 5.12. The summed E-state index contributed by atoms with van der Waals surface area (Å²) in [4.78, 5) is 26.4. The van der Waals surface area contributed by atoms with Crippen LogP contribution < -0.4 is 10.6 Å². The van der Waals surface area contributed by atoms with E-state index in [4.69, 9.17) is 16.6 Å². The molecule has 0 radical (unpaired) electrons. The van der Waals surface area contributed by atoms with Crippen LogP contribution in [0.5, 0.6) is 0 Å². The van der Waals surface area contributed by atoms with Crippen molar-refractivity contribution in [2.24, 2.45) is 0 Å². The van der Waals surface area contributed by atoms with Gasteiger partial charge in [0.1, 0.15) is 5.76 Å². The Labute approximate surface area is 156 Å². The van der Waals surface area contributed by atoms with Crippen molar-refractivity contribution in [3.05, 3.63) is 60.1 Å². The Kier molecular flexibility index (Phi) is 5.80. The molecule has 7 heteroatoms. The lowest BCUT2D eigenvalue weighted by Gasteiger charge is -2.18. The van der Waals surface area contributed by atoms with E-state index in [9.17, 15) is 9.59 Å². The molecule has 1 aromatic carbocycles. The molecule has 1 aliphatic rings. The first-order chi connectivity index (χ1) is 12.6. The number of hydrogen-bond donors (Lipinski definition) is 2. The zero-order valence-corrected chi connectivity index (χ0v) is 14.9. The van der Waals surface area contributed by atoms with E-state index in [1.54, 1.807) is 30.3 Å². The summed E-state index contributed by atoms with van der Waals surface area (Å²) in [7, 11) is 0. The maximum atomic E-state index is 12.6. The van der Waals surface area contributed by atoms with Gasteiger partial charge in [-0.3, -0.25) is 14.9 Å². The second-order valence-corrected chi connectivity index (χ2v) is 6.25. The van der Waals surface area contributed by atoms with Crippen LogP contribution in [0.1, 0.15) is 29.0 Å². The first-order valence-corrected chi connectivity index (χ1v) is 8.76. The predicted molar refractivity (Wildman–Crippen MR) is 104 cm³/mol. The van der Waals surface area contributed by atoms with Gasteiger partial charge in [-0.1, -0.05) is 12.1 Å². The van der Waals surface area contributed by atoms with E-state index >= 15 is 0 Å². The summed E-state index contributed by atoms with van der Waals surface area (Å²) in [6.45, 7) is 1.54. The van der Waals surface area contributed by atoms with Crippen molar-refractivity contribution >= 4 is 40.9 Å². The highest BCUT2D eigenvalue weighted by Crippen LogP contribution is 2.20. The molecule has 6 nitrogen and oxygen atoms in total. The van der Waals surface area contributed by atoms with Crippen LogP contribution in [0.15, 0.2) is 53.2 Å². The molecule has 0 atom stereocenters. The zero-order valence-electron chi connectivity index (χ0n) is 14.1. The fraction of sp³-hybridized carbons (Fsp3) is 0.211. The van der Waals surface area contributed by atoms with Crippen molar-refractivity contribution in [2.45, 2.75) is 12.8 Å². The molecule has 134 valence electrons. The third-order valence-electron chi connectivity index (χ3n) is 3.98. The molecule has 1 aromatic heterocycles. The van der Waals surface area contributed by atoms with Crippen molar-refractivity contribution in [1.29, 1.82) is 0 Å². The van der Waals surface area contributed by atoms with Gasteiger partial charge in [-0.25, -0.2) is 0 Å². The van der Waals surface area contributed by atoms with Gasteiger partial charge in [0, 0.05) is 19.2 Å². The SMILES string of the molecule is O=C(C=Cc1ccco1)NC(=S)Nc1ccccc1C(=O)N1CCCC1. The highest BCUT2D eigenvalue weighted by molar-refractivity contribution is 7.80. The predicted octanol–water partition coefficient (Wildman–Crippen LogP) is 3.04. The van der Waals surface area contributed by atoms with Crippen LogP contribution in [-0.2, 0) is 4.79 Å². The normalized spacial score (nSPS) is 13.8. The fourth-order valence-corrected chi connectivity index (χ4v) is 2.93. The summed E-state index contributed by atoms with van der Waals surface area (Å²) in [6, 6.07) is 10.6. The summed E-state index contributed by atoms with van der Waals surface area (Å²) in [5.41, 5.74) is 1.11. The van der Waals surface area contributed by atoms with Gasteiger partial charge in [0.25, 0.3) is 5.91 Å². The molecule has 1 saturated heterocycles. The van der Waals surface area contributed by atoms with Crippen LogP contribution in [0.2, 0.25) is 0 Å². The zero-order chi connectivity index (χ0) is 18.4. The number of amides is 2. The average molecular weight is 369 g/mol. The van der Waals surface area contributed by atoms with E-state index < -0.39 is 0 Å². The van der Waals surface area contributed by atoms with E-state index in [2.05, 4.69) is 10.6 Å². The molecule has 0 aliphatic carbocycles. The summed E-state index contributed by atoms with van der Waals surface area (Å²) in [6.07, 6.45) is 6.45. The van der Waals surface area contributed by atoms with Crippen LogP contribution in [0.25, 0.3) is 6.08 Å². The highest BCUT2D eigenvalue weighted by Gasteiger charge is 2.21. The molecule has 2 aromatic rings. The molecule has 0 bridgehead atoms. The Hall–Kier alpha value is -2.93. The number of nitrogens with one attached hydrogen (secondary N) is 2. The molecule has 1 fully saturated rings. The number of carbonyl (C=O) groups is 2. The molecule has 26 heavy (non-hydrogen) atoms. The van der Waals surface area contributed by atoms with Crippen molar-refractivity contribution in [3.8, 4) is 0 Å². The highest BCUT2D eigenvalue weighted by atomic mass is 32.1. The maximum Gasteiger partial charge on any atom is 0.255 e. The number of nitrogens with zero attached hydrogens (tertiary/aromatic N) is 1. The van der Waals surface area contributed by atoms with E-state index in [0.29, 0.717) is 17.0 Å². The monoisotopic (exact) mass is 369 g/mol. The Balaban J connectivity index is 1.62. The smallest absolute Gasteiger partial charge is 0.255 e. The number of likely N-dealkylation sites (tertiary alicyclic amines) is 1. The number of thiocarbonyl (C=S) groups is 1. The van der Waals surface area contributed by atoms with Gasteiger partial charge in [0.05, 0.1) is 17.5 Å². The standard InChI is InChI=1S/C19H19N3O3S/c23-17(10-9-14-6-5-13-25-14)21-19(26)20-16-8-2-1-7-15(16)18(24)22-11-3-4-12-22/h1-2,5-10,13H,3-4,11-12H2,(H2,20,21,23,26). The van der Waals surface area contributed by atoms with Crippen molar-refractivity contribution in [2.75, 3.05) is 18.4 Å². The van der Waals surface area contributed by atoms with Gasteiger partial charge in [-0.15, -0.1) is 0 Å².